The van der Waals surface area contributed by atoms with Crippen LogP contribution in [0.2, 0.25) is 0 Å². The number of nitrogens with zero attached hydrogens (tertiary/aromatic N) is 1. The van der Waals surface area contributed by atoms with Crippen molar-refractivity contribution in [3.05, 3.63) is 0 Å². The van der Waals surface area contributed by atoms with Crippen LogP contribution in [-0.2, 0) is 9.53 Å². The monoisotopic (exact) mass is 213 g/mol. The summed E-state index contributed by atoms with van der Waals surface area (Å²) in [7, 11) is 0. The number of aliphatic imine (C=N–C) groups is 1. The molecule has 0 aromatic carbocycles. The van der Waals surface area contributed by atoms with E-state index in [1.165, 1.54) is 0 Å². The van der Waals surface area contributed by atoms with Gasteiger partial charge in [-0.15, -0.1) is 0 Å². The Kier molecular flexibility index (Phi) is 3.94. The normalized spacial score (nSPS) is 16.3. The highest BCUT2D eigenvalue weighted by Gasteiger charge is 2.16. The van der Waals surface area contributed by atoms with Crippen LogP contribution in [0.25, 0.3) is 0 Å². The van der Waals surface area contributed by atoms with E-state index < -0.39 is 5.60 Å². The Morgan fingerprint density at radius 3 is 2.87 bits per heavy atom. The fraction of sp³-hybridized carbons (Fsp3) is 0.800. The zero-order valence-electron chi connectivity index (χ0n) is 9.59. The lowest BCUT2D eigenvalue weighted by atomic mass is 10.2. The van der Waals surface area contributed by atoms with Crippen LogP contribution in [0.3, 0.4) is 0 Å². The lowest BCUT2D eigenvalue weighted by molar-refractivity contribution is -0.153. The predicted octanol–water partition coefficient (Wildman–Crippen LogP) is 0.267. The van der Waals surface area contributed by atoms with Crippen LogP contribution >= 0.6 is 0 Å². The topological polar surface area (TPSA) is 62.7 Å². The second-order valence-corrected chi connectivity index (χ2v) is 4.45. The molecule has 0 spiro atoms. The second kappa shape index (κ2) is 5.00. The fourth-order valence-electron chi connectivity index (χ4n) is 1.18. The van der Waals surface area contributed by atoms with Crippen LogP contribution < -0.4 is 10.6 Å². The number of hydrogen-bond donors (Lipinski definition) is 2. The Morgan fingerprint density at radius 1 is 1.60 bits per heavy atom. The average molecular weight is 213 g/mol. The Balaban J connectivity index is 2.24. The lowest BCUT2D eigenvalue weighted by Crippen LogP contribution is -2.44. The van der Waals surface area contributed by atoms with Crippen LogP contribution in [0.1, 0.15) is 27.2 Å². The molecule has 2 N–H and O–H groups in total. The van der Waals surface area contributed by atoms with Crippen LogP contribution in [0.4, 0.5) is 0 Å². The van der Waals surface area contributed by atoms with Crippen molar-refractivity contribution in [2.24, 2.45) is 4.99 Å². The van der Waals surface area contributed by atoms with Crippen LogP contribution in [0, 0.1) is 0 Å². The molecule has 0 saturated carbocycles. The van der Waals surface area contributed by atoms with E-state index >= 15 is 0 Å². The third-order valence-corrected chi connectivity index (χ3v) is 1.72. The van der Waals surface area contributed by atoms with Gasteiger partial charge in [0.1, 0.15) is 12.1 Å². The number of nitrogens with one attached hydrogen (secondary N) is 2. The quantitative estimate of drug-likeness (QED) is 0.646. The first-order chi connectivity index (χ1) is 6.97. The summed E-state index contributed by atoms with van der Waals surface area (Å²) in [6.07, 6.45) is 1.04. The number of guanidine groups is 1. The summed E-state index contributed by atoms with van der Waals surface area (Å²) < 4.78 is 5.14. The van der Waals surface area contributed by atoms with Crippen molar-refractivity contribution < 1.29 is 9.53 Å². The van der Waals surface area contributed by atoms with Crippen molar-refractivity contribution in [1.82, 2.24) is 10.6 Å². The molecule has 0 fully saturated rings. The molecule has 5 nitrogen and oxygen atoms in total. The molecule has 0 atom stereocenters. The van der Waals surface area contributed by atoms with Crippen LogP contribution in [0.5, 0.6) is 0 Å². The third-order valence-electron chi connectivity index (χ3n) is 1.72. The second-order valence-electron chi connectivity index (χ2n) is 4.45. The molecule has 0 saturated heterocycles. The van der Waals surface area contributed by atoms with Gasteiger partial charge < -0.3 is 15.4 Å². The molecular weight excluding hydrogens is 194 g/mol. The zero-order valence-corrected chi connectivity index (χ0v) is 9.59. The number of ether oxygens (including phenoxy) is 1. The summed E-state index contributed by atoms with van der Waals surface area (Å²) in [6, 6.07) is 0. The van der Waals surface area contributed by atoms with E-state index in [1.807, 2.05) is 20.8 Å². The van der Waals surface area contributed by atoms with E-state index in [1.54, 1.807) is 0 Å². The SMILES string of the molecule is CC(C)(C)OC(=O)CNC1=NCCCN1. The Labute approximate surface area is 90.3 Å². The maximum Gasteiger partial charge on any atom is 0.325 e. The number of rotatable bonds is 2. The summed E-state index contributed by atoms with van der Waals surface area (Å²) in [5.74, 6) is 0.421. The number of esters is 1. The van der Waals surface area contributed by atoms with Gasteiger partial charge >= 0.3 is 5.97 Å². The average Bonchev–Trinajstić information content (AvgIpc) is 2.14. The Hall–Kier alpha value is -1.26. The minimum atomic E-state index is -0.430. The highest BCUT2D eigenvalue weighted by molar-refractivity contribution is 5.84. The minimum Gasteiger partial charge on any atom is -0.459 e. The number of carbonyl (C=O) groups excluding carboxylic acids is 1. The van der Waals surface area contributed by atoms with Gasteiger partial charge in [0.05, 0.1) is 0 Å². The summed E-state index contributed by atoms with van der Waals surface area (Å²) in [4.78, 5) is 15.5. The molecule has 1 heterocycles. The van der Waals surface area contributed by atoms with Crippen molar-refractivity contribution in [2.45, 2.75) is 32.8 Å². The van der Waals surface area contributed by atoms with Crippen molar-refractivity contribution in [3.63, 3.8) is 0 Å². The molecule has 0 aliphatic carbocycles. The molecule has 0 bridgehead atoms. The van der Waals surface area contributed by atoms with Gasteiger partial charge in [-0.3, -0.25) is 9.79 Å². The molecule has 0 amide bonds. The van der Waals surface area contributed by atoms with E-state index in [2.05, 4.69) is 15.6 Å². The molecule has 86 valence electrons. The maximum absolute atomic E-state index is 11.3. The molecule has 0 aromatic rings. The van der Waals surface area contributed by atoms with E-state index in [0.29, 0.717) is 5.96 Å². The summed E-state index contributed by atoms with van der Waals surface area (Å²) in [5.41, 5.74) is -0.430. The van der Waals surface area contributed by atoms with E-state index in [-0.39, 0.29) is 12.5 Å². The minimum absolute atomic E-state index is 0.156. The summed E-state index contributed by atoms with van der Waals surface area (Å²) >= 11 is 0. The molecule has 0 unspecified atom stereocenters. The number of carbonyl (C=O) groups is 1. The van der Waals surface area contributed by atoms with Gasteiger partial charge in [-0.05, 0) is 27.2 Å². The highest BCUT2D eigenvalue weighted by atomic mass is 16.6. The van der Waals surface area contributed by atoms with E-state index in [9.17, 15) is 4.79 Å². The molecule has 0 radical (unpaired) electrons. The largest absolute Gasteiger partial charge is 0.459 e. The first kappa shape index (κ1) is 11.8. The molecular formula is C10H19N3O2. The van der Waals surface area contributed by atoms with Gasteiger partial charge in [0.15, 0.2) is 5.96 Å². The predicted molar refractivity (Wildman–Crippen MR) is 58.8 cm³/mol. The van der Waals surface area contributed by atoms with Crippen molar-refractivity contribution >= 4 is 11.9 Å². The molecule has 15 heavy (non-hydrogen) atoms. The van der Waals surface area contributed by atoms with Crippen LogP contribution in [0.15, 0.2) is 4.99 Å². The van der Waals surface area contributed by atoms with Gasteiger partial charge in [-0.25, -0.2) is 0 Å². The molecule has 5 heteroatoms. The first-order valence-electron chi connectivity index (χ1n) is 5.21. The first-order valence-corrected chi connectivity index (χ1v) is 5.21. The van der Waals surface area contributed by atoms with Gasteiger partial charge in [0.2, 0.25) is 0 Å². The van der Waals surface area contributed by atoms with Crippen molar-refractivity contribution in [2.75, 3.05) is 19.6 Å². The smallest absolute Gasteiger partial charge is 0.325 e. The zero-order chi connectivity index (χ0) is 11.3. The molecule has 0 aromatic heterocycles. The highest BCUT2D eigenvalue weighted by Crippen LogP contribution is 2.06. The van der Waals surface area contributed by atoms with E-state index in [4.69, 9.17) is 4.74 Å². The molecule has 1 aliphatic heterocycles. The van der Waals surface area contributed by atoms with Gasteiger partial charge in [0.25, 0.3) is 0 Å². The summed E-state index contributed by atoms with van der Waals surface area (Å²) in [5, 5.41) is 5.98. The van der Waals surface area contributed by atoms with Gasteiger partial charge in [0, 0.05) is 13.1 Å². The lowest BCUT2D eigenvalue weighted by Gasteiger charge is -2.20. The van der Waals surface area contributed by atoms with Crippen molar-refractivity contribution in [1.29, 1.82) is 0 Å². The molecule has 1 aliphatic rings. The maximum atomic E-state index is 11.3. The van der Waals surface area contributed by atoms with Gasteiger partial charge in [-0.1, -0.05) is 0 Å². The Morgan fingerprint density at radius 2 is 2.33 bits per heavy atom. The standard InChI is InChI=1S/C10H19N3O2/c1-10(2,3)15-8(14)7-13-9-11-5-4-6-12-9/h4-7H2,1-3H3,(H2,11,12,13). The fourth-order valence-corrected chi connectivity index (χ4v) is 1.18. The Bertz CT molecular complexity index is 256. The summed E-state index contributed by atoms with van der Waals surface area (Å²) in [6.45, 7) is 7.41. The third kappa shape index (κ3) is 5.24. The van der Waals surface area contributed by atoms with E-state index in [0.717, 1.165) is 19.5 Å². The van der Waals surface area contributed by atoms with Crippen molar-refractivity contribution in [3.8, 4) is 0 Å². The molecule has 1 rings (SSSR count). The van der Waals surface area contributed by atoms with Gasteiger partial charge in [-0.2, -0.15) is 0 Å². The number of hydrogen-bond acceptors (Lipinski definition) is 5. The van der Waals surface area contributed by atoms with Crippen LogP contribution in [-0.4, -0.2) is 37.2 Å².